The first kappa shape index (κ1) is 31.9. The topological polar surface area (TPSA) is 216 Å². The van der Waals surface area contributed by atoms with Gasteiger partial charge in [-0.2, -0.15) is 0 Å². The van der Waals surface area contributed by atoms with Gasteiger partial charge in [0, 0.05) is 24.8 Å². The van der Waals surface area contributed by atoms with Crippen LogP contribution in [0, 0.1) is 10.1 Å². The Morgan fingerprint density at radius 1 is 1.12 bits per heavy atom. The van der Waals surface area contributed by atoms with Crippen molar-refractivity contribution >= 4 is 35.5 Å². The van der Waals surface area contributed by atoms with Crippen LogP contribution in [0.1, 0.15) is 43.7 Å². The van der Waals surface area contributed by atoms with E-state index in [0.29, 0.717) is 24.8 Å². The predicted molar refractivity (Wildman–Crippen MR) is 154 cm³/mol. The number of non-ortho nitro benzene ring substituents is 1. The van der Waals surface area contributed by atoms with Crippen LogP contribution in [-0.4, -0.2) is 73.9 Å². The average molecular weight is 581 g/mol. The molecule has 4 atom stereocenters. The zero-order chi connectivity index (χ0) is 31.0. The Morgan fingerprint density at radius 2 is 1.76 bits per heavy atom. The third-order valence-electron chi connectivity index (χ3n) is 7.53. The number of primary amides is 2. The lowest BCUT2D eigenvalue weighted by molar-refractivity contribution is -0.384. The molecular formula is C29H36N6O7. The van der Waals surface area contributed by atoms with Gasteiger partial charge < -0.3 is 27.2 Å². The van der Waals surface area contributed by atoms with Crippen molar-refractivity contribution in [2.75, 3.05) is 6.54 Å². The Labute approximate surface area is 243 Å². The van der Waals surface area contributed by atoms with Crippen LogP contribution in [0.5, 0.6) is 0 Å². The van der Waals surface area contributed by atoms with Crippen molar-refractivity contribution in [2.24, 2.45) is 17.2 Å². The second-order valence-electron chi connectivity index (χ2n) is 10.5. The molecule has 0 saturated carbocycles. The molecule has 7 N–H and O–H groups in total. The van der Waals surface area contributed by atoms with E-state index >= 15 is 0 Å². The number of rotatable bonds is 12. The SMILES string of the molecule is CC1(C([C@H](O)CCc2ccccc2)N(C(=O)C=Cc2ccc([N+](=O)[O-])cc2)C(=O)[C@@H](N)CC(N)=O)CCCN1C(N)=O. The zero-order valence-corrected chi connectivity index (χ0v) is 23.3. The smallest absolute Gasteiger partial charge is 0.315 e. The van der Waals surface area contributed by atoms with Gasteiger partial charge in [-0.15, -0.1) is 0 Å². The number of carbonyl (C=O) groups excluding carboxylic acids is 4. The second-order valence-corrected chi connectivity index (χ2v) is 10.5. The lowest BCUT2D eigenvalue weighted by Crippen LogP contribution is -2.68. The molecule has 3 rings (SSSR count). The molecule has 1 aliphatic heterocycles. The Bertz CT molecular complexity index is 1330. The number of carbonyl (C=O) groups is 4. The van der Waals surface area contributed by atoms with E-state index in [1.807, 2.05) is 30.3 Å². The number of benzene rings is 2. The molecule has 13 nitrogen and oxygen atoms in total. The van der Waals surface area contributed by atoms with Crippen LogP contribution in [-0.2, 0) is 20.8 Å². The van der Waals surface area contributed by atoms with Gasteiger partial charge in [-0.3, -0.25) is 29.4 Å². The number of nitro benzene ring substituents is 1. The first-order chi connectivity index (χ1) is 19.8. The molecule has 0 spiro atoms. The standard InChI is InChI=1S/C29H36N6O7/c1-29(16-5-17-33(29)28(32)40)26(23(36)14-10-19-6-3-2-4-7-19)34(27(39)22(30)18-24(31)37)25(38)15-11-20-8-12-21(13-9-20)35(41)42/h2-4,6-9,11-13,15,22-23,26,36H,5,10,14,16-18,30H2,1H3,(H2,31,37)(H2,32,40)/t22-,23+,26?,29?/m0/s1. The van der Waals surface area contributed by atoms with Crippen LogP contribution in [0.3, 0.4) is 0 Å². The molecule has 2 aromatic rings. The van der Waals surface area contributed by atoms with Crippen LogP contribution in [0.15, 0.2) is 60.7 Å². The molecule has 42 heavy (non-hydrogen) atoms. The molecule has 0 radical (unpaired) electrons. The maximum atomic E-state index is 13.8. The monoisotopic (exact) mass is 580 g/mol. The quantitative estimate of drug-likeness (QED) is 0.163. The number of urea groups is 1. The minimum Gasteiger partial charge on any atom is -0.391 e. The van der Waals surface area contributed by atoms with Crippen molar-refractivity contribution in [3.8, 4) is 0 Å². The number of nitrogens with two attached hydrogens (primary N) is 3. The number of aliphatic hydroxyl groups is 1. The highest BCUT2D eigenvalue weighted by molar-refractivity contribution is 6.05. The van der Waals surface area contributed by atoms with Gasteiger partial charge in [0.05, 0.1) is 35.1 Å². The summed E-state index contributed by atoms with van der Waals surface area (Å²) in [5.41, 5.74) is 16.9. The minimum absolute atomic E-state index is 0.116. The average Bonchev–Trinajstić information content (AvgIpc) is 3.35. The molecule has 2 aromatic carbocycles. The van der Waals surface area contributed by atoms with Crippen LogP contribution in [0.2, 0.25) is 0 Å². The normalized spacial score (nSPS) is 18.8. The van der Waals surface area contributed by atoms with Gasteiger partial charge in [0.1, 0.15) is 0 Å². The fourth-order valence-electron chi connectivity index (χ4n) is 5.46. The van der Waals surface area contributed by atoms with Gasteiger partial charge in [-0.25, -0.2) is 4.79 Å². The number of hydrogen-bond acceptors (Lipinski definition) is 8. The van der Waals surface area contributed by atoms with Gasteiger partial charge in [-0.1, -0.05) is 30.3 Å². The lowest BCUT2D eigenvalue weighted by atomic mass is 9.82. The summed E-state index contributed by atoms with van der Waals surface area (Å²) < 4.78 is 0. The zero-order valence-electron chi connectivity index (χ0n) is 23.3. The van der Waals surface area contributed by atoms with Crippen LogP contribution in [0.25, 0.3) is 6.08 Å². The number of hydrogen-bond donors (Lipinski definition) is 4. The number of likely N-dealkylation sites (tertiary alicyclic amines) is 1. The molecule has 13 heteroatoms. The van der Waals surface area contributed by atoms with Gasteiger partial charge in [0.15, 0.2) is 0 Å². The Balaban J connectivity index is 2.07. The predicted octanol–water partition coefficient (Wildman–Crippen LogP) is 1.46. The molecule has 5 amide bonds. The van der Waals surface area contributed by atoms with E-state index in [2.05, 4.69) is 0 Å². The Morgan fingerprint density at radius 3 is 2.33 bits per heavy atom. The molecule has 0 aliphatic carbocycles. The molecular weight excluding hydrogens is 544 g/mol. The van der Waals surface area contributed by atoms with Crippen LogP contribution in [0.4, 0.5) is 10.5 Å². The lowest BCUT2D eigenvalue weighted by Gasteiger charge is -2.47. The first-order valence-corrected chi connectivity index (χ1v) is 13.5. The fourth-order valence-corrected chi connectivity index (χ4v) is 5.46. The molecule has 1 heterocycles. The number of imide groups is 1. The van der Waals surface area contributed by atoms with Crippen molar-refractivity contribution in [2.45, 2.75) is 62.8 Å². The molecule has 0 bridgehead atoms. The first-order valence-electron chi connectivity index (χ1n) is 13.5. The largest absolute Gasteiger partial charge is 0.391 e. The minimum atomic E-state index is -1.50. The third-order valence-corrected chi connectivity index (χ3v) is 7.53. The molecule has 1 fully saturated rings. The van der Waals surface area contributed by atoms with E-state index in [1.165, 1.54) is 35.2 Å². The van der Waals surface area contributed by atoms with Crippen molar-refractivity contribution in [1.82, 2.24) is 9.80 Å². The third kappa shape index (κ3) is 7.56. The summed E-state index contributed by atoms with van der Waals surface area (Å²) in [7, 11) is 0. The van der Waals surface area contributed by atoms with Gasteiger partial charge in [0.25, 0.3) is 11.6 Å². The Hall–Kier alpha value is -4.62. The summed E-state index contributed by atoms with van der Waals surface area (Å²) in [6.07, 6.45) is 1.87. The van der Waals surface area contributed by atoms with Crippen LogP contribution >= 0.6 is 0 Å². The number of nitrogens with zero attached hydrogens (tertiary/aromatic N) is 3. The number of amides is 5. The highest BCUT2D eigenvalue weighted by Crippen LogP contribution is 2.37. The summed E-state index contributed by atoms with van der Waals surface area (Å²) in [5.74, 6) is -2.70. The summed E-state index contributed by atoms with van der Waals surface area (Å²) in [5, 5.41) is 22.6. The van der Waals surface area contributed by atoms with E-state index in [1.54, 1.807) is 6.92 Å². The van der Waals surface area contributed by atoms with Crippen molar-refractivity contribution in [1.29, 1.82) is 0 Å². The number of aryl methyl sites for hydroxylation is 1. The van der Waals surface area contributed by atoms with Crippen molar-refractivity contribution in [3.05, 3.63) is 81.9 Å². The van der Waals surface area contributed by atoms with Crippen molar-refractivity contribution < 1.29 is 29.2 Å². The maximum absolute atomic E-state index is 13.8. The molecule has 1 saturated heterocycles. The van der Waals surface area contributed by atoms with Crippen molar-refractivity contribution in [3.63, 3.8) is 0 Å². The van der Waals surface area contributed by atoms with Gasteiger partial charge >= 0.3 is 6.03 Å². The van der Waals surface area contributed by atoms with E-state index in [9.17, 15) is 34.4 Å². The highest BCUT2D eigenvalue weighted by Gasteiger charge is 2.53. The summed E-state index contributed by atoms with van der Waals surface area (Å²) in [4.78, 5) is 64.2. The van der Waals surface area contributed by atoms with E-state index in [0.717, 1.165) is 16.5 Å². The van der Waals surface area contributed by atoms with Crippen LogP contribution < -0.4 is 17.2 Å². The summed E-state index contributed by atoms with van der Waals surface area (Å²) >= 11 is 0. The molecule has 224 valence electrons. The van der Waals surface area contributed by atoms with E-state index in [-0.39, 0.29) is 18.7 Å². The van der Waals surface area contributed by atoms with Gasteiger partial charge in [0.2, 0.25) is 11.8 Å². The second kappa shape index (κ2) is 13.8. The Kier molecular flexibility index (Phi) is 10.5. The molecule has 0 aromatic heterocycles. The highest BCUT2D eigenvalue weighted by atomic mass is 16.6. The fraction of sp³-hybridized carbons (Fsp3) is 0.379. The number of nitro groups is 1. The van der Waals surface area contributed by atoms with E-state index in [4.69, 9.17) is 17.2 Å². The maximum Gasteiger partial charge on any atom is 0.315 e. The number of aliphatic hydroxyl groups excluding tert-OH is 1. The summed E-state index contributed by atoms with van der Waals surface area (Å²) in [6.45, 7) is 1.89. The summed E-state index contributed by atoms with van der Waals surface area (Å²) in [6, 6.07) is 11.1. The molecule has 1 aliphatic rings. The van der Waals surface area contributed by atoms with E-state index < -0.39 is 58.8 Å². The molecule has 2 unspecified atom stereocenters. The van der Waals surface area contributed by atoms with Gasteiger partial charge in [-0.05, 0) is 61.9 Å².